The van der Waals surface area contributed by atoms with Crippen LogP contribution in [0.25, 0.3) is 0 Å². The van der Waals surface area contributed by atoms with Crippen LogP contribution >= 0.6 is 0 Å². The Balaban J connectivity index is 1.85. The van der Waals surface area contributed by atoms with Crippen molar-refractivity contribution >= 4 is 0 Å². The molecule has 2 heteroatoms. The van der Waals surface area contributed by atoms with Crippen LogP contribution in [0, 0.1) is 5.92 Å². The van der Waals surface area contributed by atoms with E-state index in [-0.39, 0.29) is 0 Å². The zero-order valence-corrected chi connectivity index (χ0v) is 9.95. The molecule has 0 aromatic heterocycles. The molecule has 2 aliphatic carbocycles. The lowest BCUT2D eigenvalue weighted by molar-refractivity contribution is -0.0628. The molecule has 4 unspecified atom stereocenters. The molecule has 15 heavy (non-hydrogen) atoms. The van der Waals surface area contributed by atoms with Crippen LogP contribution < -0.4 is 5.73 Å². The Morgan fingerprint density at radius 1 is 1.00 bits per heavy atom. The number of nitrogens with two attached hydrogens (primary N) is 1. The molecule has 2 N–H and O–H groups in total. The van der Waals surface area contributed by atoms with Gasteiger partial charge in [0, 0.05) is 6.04 Å². The Hall–Kier alpha value is -0.0800. The number of ether oxygens (including phenoxy) is 1. The van der Waals surface area contributed by atoms with E-state index in [9.17, 15) is 0 Å². The maximum absolute atomic E-state index is 6.24. The van der Waals surface area contributed by atoms with Gasteiger partial charge >= 0.3 is 0 Å². The first-order valence-electron chi connectivity index (χ1n) is 6.72. The summed E-state index contributed by atoms with van der Waals surface area (Å²) in [5.74, 6) is 0.798. The van der Waals surface area contributed by atoms with Gasteiger partial charge in [-0.2, -0.15) is 0 Å². The third-order valence-electron chi connectivity index (χ3n) is 4.22. The normalized spacial score (nSPS) is 42.0. The lowest BCUT2D eigenvalue weighted by atomic mass is 9.84. The lowest BCUT2D eigenvalue weighted by Crippen LogP contribution is -2.38. The molecule has 2 fully saturated rings. The predicted molar refractivity (Wildman–Crippen MR) is 62.7 cm³/mol. The minimum absolute atomic E-state index is 0.310. The van der Waals surface area contributed by atoms with Crippen molar-refractivity contribution in [2.75, 3.05) is 0 Å². The molecule has 0 amide bonds. The molecule has 88 valence electrons. The molecule has 4 atom stereocenters. The molecule has 2 rings (SSSR count). The smallest absolute Gasteiger partial charge is 0.0729 e. The Kier molecular flexibility index (Phi) is 4.04. The van der Waals surface area contributed by atoms with Crippen LogP contribution in [0.1, 0.15) is 58.3 Å². The van der Waals surface area contributed by atoms with Crippen LogP contribution in [-0.4, -0.2) is 18.2 Å². The molecule has 2 aliphatic rings. The second-order valence-corrected chi connectivity index (χ2v) is 5.26. The highest BCUT2D eigenvalue weighted by Gasteiger charge is 2.31. The molecule has 0 aliphatic heterocycles. The van der Waals surface area contributed by atoms with Gasteiger partial charge in [0.2, 0.25) is 0 Å². The quantitative estimate of drug-likeness (QED) is 0.779. The summed E-state index contributed by atoms with van der Waals surface area (Å²) in [5, 5.41) is 0. The summed E-state index contributed by atoms with van der Waals surface area (Å²) < 4.78 is 6.24. The molecular formula is C13H25NO. The Morgan fingerprint density at radius 3 is 2.40 bits per heavy atom. The second kappa shape index (κ2) is 5.31. The molecular weight excluding hydrogens is 186 g/mol. The molecule has 0 spiro atoms. The van der Waals surface area contributed by atoms with Gasteiger partial charge in [-0.25, -0.2) is 0 Å². The maximum Gasteiger partial charge on any atom is 0.0729 e. The van der Waals surface area contributed by atoms with Crippen molar-refractivity contribution in [2.24, 2.45) is 11.7 Å². The topological polar surface area (TPSA) is 35.2 Å². The van der Waals surface area contributed by atoms with E-state index in [0.717, 1.165) is 12.3 Å². The highest BCUT2D eigenvalue weighted by molar-refractivity contribution is 4.84. The highest BCUT2D eigenvalue weighted by Crippen LogP contribution is 2.32. The van der Waals surface area contributed by atoms with Gasteiger partial charge in [-0.05, 0) is 38.0 Å². The van der Waals surface area contributed by atoms with Gasteiger partial charge < -0.3 is 10.5 Å². The van der Waals surface area contributed by atoms with E-state index in [2.05, 4.69) is 6.92 Å². The Labute approximate surface area is 93.6 Å². The molecule has 2 nitrogen and oxygen atoms in total. The third-order valence-corrected chi connectivity index (χ3v) is 4.22. The summed E-state index contributed by atoms with van der Waals surface area (Å²) >= 11 is 0. The molecule has 0 aromatic rings. The fourth-order valence-electron chi connectivity index (χ4n) is 3.17. The van der Waals surface area contributed by atoms with E-state index in [0.29, 0.717) is 18.2 Å². The van der Waals surface area contributed by atoms with Crippen LogP contribution in [0.3, 0.4) is 0 Å². The first-order chi connectivity index (χ1) is 7.31. The van der Waals surface area contributed by atoms with Gasteiger partial charge in [0.1, 0.15) is 0 Å². The Morgan fingerprint density at radius 2 is 1.73 bits per heavy atom. The molecule has 0 bridgehead atoms. The van der Waals surface area contributed by atoms with Gasteiger partial charge in [-0.1, -0.05) is 26.2 Å². The average Bonchev–Trinajstić information content (AvgIpc) is 2.65. The monoisotopic (exact) mass is 211 g/mol. The minimum Gasteiger partial charge on any atom is -0.373 e. The Bertz CT molecular complexity index is 195. The fourth-order valence-corrected chi connectivity index (χ4v) is 3.17. The molecule has 0 heterocycles. The van der Waals surface area contributed by atoms with E-state index in [1.165, 1.54) is 44.9 Å². The first kappa shape index (κ1) is 11.4. The van der Waals surface area contributed by atoms with Crippen molar-refractivity contribution in [3.05, 3.63) is 0 Å². The van der Waals surface area contributed by atoms with Crippen molar-refractivity contribution in [1.29, 1.82) is 0 Å². The highest BCUT2D eigenvalue weighted by atomic mass is 16.5. The standard InChI is InChI=1S/C13H25NO/c1-2-10-6-3-4-8-12(10)15-13-9-5-7-11(13)14/h10-13H,2-9,14H2,1H3. The van der Waals surface area contributed by atoms with Crippen LogP contribution in [0.4, 0.5) is 0 Å². The summed E-state index contributed by atoms with van der Waals surface area (Å²) in [6.45, 7) is 2.29. The zero-order chi connectivity index (χ0) is 10.7. The summed E-state index contributed by atoms with van der Waals surface area (Å²) in [7, 11) is 0. The van der Waals surface area contributed by atoms with Crippen molar-refractivity contribution in [3.63, 3.8) is 0 Å². The first-order valence-corrected chi connectivity index (χ1v) is 6.72. The minimum atomic E-state index is 0.310. The van der Waals surface area contributed by atoms with Crippen molar-refractivity contribution in [1.82, 2.24) is 0 Å². The van der Waals surface area contributed by atoms with Gasteiger partial charge in [0.25, 0.3) is 0 Å². The largest absolute Gasteiger partial charge is 0.373 e. The van der Waals surface area contributed by atoms with Crippen LogP contribution in [0.5, 0.6) is 0 Å². The van der Waals surface area contributed by atoms with E-state index in [4.69, 9.17) is 10.5 Å². The summed E-state index contributed by atoms with van der Waals surface area (Å²) in [6.07, 6.45) is 11.1. The number of rotatable bonds is 3. The van der Waals surface area contributed by atoms with Crippen LogP contribution in [0.15, 0.2) is 0 Å². The predicted octanol–water partition coefficient (Wildman–Crippen LogP) is 2.85. The summed E-state index contributed by atoms with van der Waals surface area (Å²) in [6, 6.07) is 0.310. The molecule has 0 aromatic carbocycles. The second-order valence-electron chi connectivity index (χ2n) is 5.26. The van der Waals surface area contributed by atoms with Crippen LogP contribution in [0.2, 0.25) is 0 Å². The van der Waals surface area contributed by atoms with E-state index < -0.39 is 0 Å². The lowest BCUT2D eigenvalue weighted by Gasteiger charge is -2.34. The SMILES string of the molecule is CCC1CCCCC1OC1CCCC1N. The van der Waals surface area contributed by atoms with Crippen molar-refractivity contribution in [2.45, 2.75) is 76.5 Å². The summed E-state index contributed by atoms with van der Waals surface area (Å²) in [4.78, 5) is 0. The van der Waals surface area contributed by atoms with E-state index in [1.807, 2.05) is 0 Å². The fraction of sp³-hybridized carbons (Fsp3) is 1.00. The summed E-state index contributed by atoms with van der Waals surface area (Å²) in [5.41, 5.74) is 6.06. The van der Waals surface area contributed by atoms with Crippen molar-refractivity contribution < 1.29 is 4.74 Å². The average molecular weight is 211 g/mol. The van der Waals surface area contributed by atoms with E-state index in [1.54, 1.807) is 0 Å². The molecule has 0 saturated heterocycles. The van der Waals surface area contributed by atoms with Crippen LogP contribution in [-0.2, 0) is 4.74 Å². The van der Waals surface area contributed by atoms with E-state index >= 15 is 0 Å². The van der Waals surface area contributed by atoms with Gasteiger partial charge in [0.15, 0.2) is 0 Å². The molecule has 0 radical (unpaired) electrons. The zero-order valence-electron chi connectivity index (χ0n) is 9.95. The maximum atomic E-state index is 6.24. The van der Waals surface area contributed by atoms with Gasteiger partial charge in [-0.3, -0.25) is 0 Å². The van der Waals surface area contributed by atoms with Crippen molar-refractivity contribution in [3.8, 4) is 0 Å². The number of hydrogen-bond acceptors (Lipinski definition) is 2. The van der Waals surface area contributed by atoms with Gasteiger partial charge in [-0.15, -0.1) is 0 Å². The molecule has 2 saturated carbocycles. The van der Waals surface area contributed by atoms with Gasteiger partial charge in [0.05, 0.1) is 12.2 Å². The number of hydrogen-bond donors (Lipinski definition) is 1. The third kappa shape index (κ3) is 2.73.